The van der Waals surface area contributed by atoms with Crippen molar-refractivity contribution in [3.8, 4) is 0 Å². The Balaban J connectivity index is 1.04. The summed E-state index contributed by atoms with van der Waals surface area (Å²) in [7, 11) is 1.83. The maximum absolute atomic E-state index is 12.4. The maximum atomic E-state index is 12.4. The number of aryl methyl sites for hydroxylation is 1. The topological polar surface area (TPSA) is 73.8 Å². The van der Waals surface area contributed by atoms with Gasteiger partial charge in [-0.15, -0.1) is 0 Å². The second-order valence-corrected chi connectivity index (χ2v) is 9.75. The largest absolute Gasteiger partial charge is 0.445 e. The first-order valence-electron chi connectivity index (χ1n) is 12.7. The number of hydrogen-bond acceptors (Lipinski definition) is 5. The molecule has 2 aliphatic heterocycles. The van der Waals surface area contributed by atoms with Gasteiger partial charge in [0.2, 0.25) is 0 Å². The van der Waals surface area contributed by atoms with Crippen LogP contribution in [0.2, 0.25) is 0 Å². The number of H-pyrrole nitrogens is 1. The lowest BCUT2D eigenvalue weighted by atomic mass is 9.93. The van der Waals surface area contributed by atoms with Crippen LogP contribution in [0.3, 0.4) is 0 Å². The van der Waals surface area contributed by atoms with E-state index in [1.54, 1.807) is 4.57 Å². The van der Waals surface area contributed by atoms with Crippen molar-refractivity contribution < 1.29 is 9.53 Å². The fraction of sp³-hybridized carbons (Fsp3) is 0.481. The molecule has 8 heteroatoms. The minimum atomic E-state index is -0.212. The first-order valence-corrected chi connectivity index (χ1v) is 12.7. The third kappa shape index (κ3) is 5.37. The summed E-state index contributed by atoms with van der Waals surface area (Å²) in [6.07, 6.45) is 3.32. The highest BCUT2D eigenvalue weighted by Crippen LogP contribution is 2.30. The minimum absolute atomic E-state index is 0.0631. The number of aromatic nitrogens is 2. The van der Waals surface area contributed by atoms with Gasteiger partial charge < -0.3 is 19.5 Å². The molecule has 0 aliphatic carbocycles. The van der Waals surface area contributed by atoms with Gasteiger partial charge in [0.1, 0.15) is 6.61 Å². The van der Waals surface area contributed by atoms with Crippen molar-refractivity contribution in [1.82, 2.24) is 19.4 Å². The molecular weight excluding hydrogens is 442 g/mol. The van der Waals surface area contributed by atoms with E-state index >= 15 is 0 Å². The number of carbonyl (C=O) groups is 1. The Morgan fingerprint density at radius 1 is 0.971 bits per heavy atom. The summed E-state index contributed by atoms with van der Waals surface area (Å²) in [6, 6.07) is 15.9. The van der Waals surface area contributed by atoms with Crippen LogP contribution in [0.25, 0.3) is 11.0 Å². The third-order valence-electron chi connectivity index (χ3n) is 7.54. The highest BCUT2D eigenvalue weighted by Gasteiger charge is 2.25. The van der Waals surface area contributed by atoms with Gasteiger partial charge in [-0.05, 0) is 49.4 Å². The number of anilines is 1. The smallest absolute Gasteiger partial charge is 0.410 e. The third-order valence-corrected chi connectivity index (χ3v) is 7.54. The average Bonchev–Trinajstić information content (AvgIpc) is 3.20. The zero-order valence-electron chi connectivity index (χ0n) is 20.5. The molecule has 2 aliphatic rings. The van der Waals surface area contributed by atoms with Crippen molar-refractivity contribution in [1.29, 1.82) is 0 Å². The molecule has 5 rings (SSSR count). The minimum Gasteiger partial charge on any atom is -0.445 e. The summed E-state index contributed by atoms with van der Waals surface area (Å²) in [5.41, 5.74) is 4.00. The molecule has 0 atom stereocenters. The van der Waals surface area contributed by atoms with Gasteiger partial charge in [0.25, 0.3) is 0 Å². The van der Waals surface area contributed by atoms with Crippen molar-refractivity contribution in [3.05, 3.63) is 64.6 Å². The van der Waals surface area contributed by atoms with Crippen LogP contribution in [0, 0.1) is 5.92 Å². The molecule has 3 heterocycles. The standard InChI is InChI=1S/C27H35N5O3/c1-29-25-23(28-26(29)33)8-5-9-24(25)31-14-11-21(12-15-31)10-13-30-16-18-32(19-17-30)27(34)35-20-22-6-3-2-4-7-22/h2-9,21H,10-20H2,1H3,(H,28,33). The second-order valence-electron chi connectivity index (χ2n) is 9.75. The van der Waals surface area contributed by atoms with Gasteiger partial charge in [-0.1, -0.05) is 36.4 Å². The average molecular weight is 478 g/mol. The molecule has 2 saturated heterocycles. The lowest BCUT2D eigenvalue weighted by molar-refractivity contribution is 0.0700. The molecule has 8 nitrogen and oxygen atoms in total. The number of para-hydroxylation sites is 1. The summed E-state index contributed by atoms with van der Waals surface area (Å²) in [6.45, 7) is 6.71. The Hall–Kier alpha value is -3.26. The molecule has 1 amide bonds. The predicted molar refractivity (Wildman–Crippen MR) is 138 cm³/mol. The number of piperidine rings is 1. The molecule has 0 unspecified atom stereocenters. The Morgan fingerprint density at radius 2 is 1.71 bits per heavy atom. The molecule has 3 aromatic rings. The second kappa shape index (κ2) is 10.6. The number of piperazine rings is 1. The number of amides is 1. The predicted octanol–water partition coefficient (Wildman–Crippen LogP) is 3.43. The molecule has 0 saturated carbocycles. The highest BCUT2D eigenvalue weighted by atomic mass is 16.6. The van der Waals surface area contributed by atoms with Crippen LogP contribution in [0.15, 0.2) is 53.3 Å². The lowest BCUT2D eigenvalue weighted by Crippen LogP contribution is -2.49. The Morgan fingerprint density at radius 3 is 2.46 bits per heavy atom. The van der Waals surface area contributed by atoms with Gasteiger partial charge in [0.15, 0.2) is 0 Å². The molecule has 2 aromatic carbocycles. The molecule has 0 spiro atoms. The van der Waals surface area contributed by atoms with E-state index in [0.717, 1.165) is 74.0 Å². The van der Waals surface area contributed by atoms with Gasteiger partial charge in [-0.25, -0.2) is 9.59 Å². The number of ether oxygens (including phenoxy) is 1. The molecule has 0 radical (unpaired) electrons. The van der Waals surface area contributed by atoms with Crippen LogP contribution in [-0.4, -0.2) is 71.3 Å². The van der Waals surface area contributed by atoms with Gasteiger partial charge in [0, 0.05) is 46.3 Å². The molecular formula is C27H35N5O3. The monoisotopic (exact) mass is 477 g/mol. The lowest BCUT2D eigenvalue weighted by Gasteiger charge is -2.37. The van der Waals surface area contributed by atoms with Crippen LogP contribution < -0.4 is 10.6 Å². The van der Waals surface area contributed by atoms with Gasteiger partial charge in [-0.3, -0.25) is 9.47 Å². The summed E-state index contributed by atoms with van der Waals surface area (Å²) in [5.74, 6) is 0.717. The first-order chi connectivity index (χ1) is 17.1. The van der Waals surface area contributed by atoms with Crippen LogP contribution >= 0.6 is 0 Å². The summed E-state index contributed by atoms with van der Waals surface area (Å²) >= 11 is 0. The normalized spacial score (nSPS) is 17.7. The summed E-state index contributed by atoms with van der Waals surface area (Å²) < 4.78 is 7.20. The van der Waals surface area contributed by atoms with E-state index in [0.29, 0.717) is 6.61 Å². The molecule has 0 bridgehead atoms. The summed E-state index contributed by atoms with van der Waals surface area (Å²) in [5, 5.41) is 0. The molecule has 1 N–H and O–H groups in total. The van der Waals surface area contributed by atoms with Crippen LogP contribution in [-0.2, 0) is 18.4 Å². The number of imidazole rings is 1. The van der Waals surface area contributed by atoms with E-state index in [1.807, 2.05) is 54.4 Å². The molecule has 35 heavy (non-hydrogen) atoms. The quantitative estimate of drug-likeness (QED) is 0.589. The number of nitrogens with zero attached hydrogens (tertiary/aromatic N) is 4. The van der Waals surface area contributed by atoms with Crippen LogP contribution in [0.1, 0.15) is 24.8 Å². The van der Waals surface area contributed by atoms with E-state index in [9.17, 15) is 9.59 Å². The number of rotatable bonds is 6. The Labute approximate surface area is 206 Å². The van der Waals surface area contributed by atoms with Crippen molar-refractivity contribution >= 4 is 22.8 Å². The van der Waals surface area contributed by atoms with E-state index in [4.69, 9.17) is 4.74 Å². The van der Waals surface area contributed by atoms with Crippen molar-refractivity contribution in [2.45, 2.75) is 25.9 Å². The van der Waals surface area contributed by atoms with E-state index < -0.39 is 0 Å². The van der Waals surface area contributed by atoms with Crippen molar-refractivity contribution in [3.63, 3.8) is 0 Å². The Bertz CT molecular complexity index is 1190. The van der Waals surface area contributed by atoms with Crippen LogP contribution in [0.5, 0.6) is 0 Å². The van der Waals surface area contributed by atoms with Crippen molar-refractivity contribution in [2.24, 2.45) is 13.0 Å². The highest BCUT2D eigenvalue weighted by molar-refractivity contribution is 5.89. The summed E-state index contributed by atoms with van der Waals surface area (Å²) in [4.78, 5) is 34.1. The fourth-order valence-corrected chi connectivity index (χ4v) is 5.33. The maximum Gasteiger partial charge on any atom is 0.410 e. The van der Waals surface area contributed by atoms with Crippen LogP contribution in [0.4, 0.5) is 10.5 Å². The van der Waals surface area contributed by atoms with Gasteiger partial charge in [-0.2, -0.15) is 0 Å². The SMILES string of the molecule is Cn1c(=O)[nH]c2cccc(N3CCC(CCN4CCN(C(=O)OCc5ccccc5)CC4)CC3)c21. The molecule has 1 aromatic heterocycles. The molecule has 186 valence electrons. The van der Waals surface area contributed by atoms with Crippen molar-refractivity contribution in [2.75, 3.05) is 50.7 Å². The molecule has 2 fully saturated rings. The van der Waals surface area contributed by atoms with E-state index in [1.165, 1.54) is 19.3 Å². The number of fused-ring (bicyclic) bond motifs is 1. The Kier molecular flexibility index (Phi) is 7.08. The fourth-order valence-electron chi connectivity index (χ4n) is 5.33. The zero-order chi connectivity index (χ0) is 24.2. The van der Waals surface area contributed by atoms with Gasteiger partial charge >= 0.3 is 11.8 Å². The number of nitrogens with one attached hydrogen (secondary N) is 1. The number of aromatic amines is 1. The van der Waals surface area contributed by atoms with E-state index in [-0.39, 0.29) is 11.8 Å². The zero-order valence-corrected chi connectivity index (χ0v) is 20.5. The number of carbonyl (C=O) groups excluding carboxylic acids is 1. The number of benzene rings is 2. The first kappa shape index (κ1) is 23.5. The van der Waals surface area contributed by atoms with Gasteiger partial charge in [0.05, 0.1) is 16.7 Å². The number of hydrogen-bond donors (Lipinski definition) is 1. The van der Waals surface area contributed by atoms with E-state index in [2.05, 4.69) is 20.9 Å².